The van der Waals surface area contributed by atoms with Crippen molar-refractivity contribution in [1.82, 2.24) is 0 Å². The number of rotatable bonds is 6. The standard InChI is InChI=1S/C25H25F3N2O4/c1-5-33-23(31)21-16(3)29(20-14-12-18(13-15-20)25(26,27)28)17(4)22(24(32)34-6-2)30(21)19-10-8-7-9-11-19/h7-15H,5-6H2,1-4H3. The van der Waals surface area contributed by atoms with Crippen LogP contribution in [0.3, 0.4) is 0 Å². The summed E-state index contributed by atoms with van der Waals surface area (Å²) in [5, 5.41) is 0. The maximum atomic E-state index is 13.1. The van der Waals surface area contributed by atoms with E-state index in [-0.39, 0.29) is 24.6 Å². The zero-order valence-corrected chi connectivity index (χ0v) is 19.3. The van der Waals surface area contributed by atoms with Crippen LogP contribution in [0.5, 0.6) is 0 Å². The molecule has 2 aromatic rings. The Morgan fingerprint density at radius 3 is 1.59 bits per heavy atom. The monoisotopic (exact) mass is 474 g/mol. The van der Waals surface area contributed by atoms with E-state index in [2.05, 4.69) is 0 Å². The van der Waals surface area contributed by atoms with Crippen molar-refractivity contribution >= 4 is 23.3 Å². The molecule has 0 aliphatic carbocycles. The molecule has 0 amide bonds. The number of alkyl halides is 3. The number of ether oxygens (including phenoxy) is 2. The lowest BCUT2D eigenvalue weighted by molar-refractivity contribution is -0.139. The molecule has 0 radical (unpaired) electrons. The summed E-state index contributed by atoms with van der Waals surface area (Å²) < 4.78 is 49.9. The van der Waals surface area contributed by atoms with E-state index in [9.17, 15) is 22.8 Å². The lowest BCUT2D eigenvalue weighted by Crippen LogP contribution is -2.42. The lowest BCUT2D eigenvalue weighted by atomic mass is 10.1. The quantitative estimate of drug-likeness (QED) is 0.507. The molecule has 0 aromatic heterocycles. The van der Waals surface area contributed by atoms with Gasteiger partial charge in [0.25, 0.3) is 0 Å². The Morgan fingerprint density at radius 2 is 1.18 bits per heavy atom. The zero-order valence-electron chi connectivity index (χ0n) is 19.3. The minimum absolute atomic E-state index is 0.0570. The van der Waals surface area contributed by atoms with E-state index in [0.29, 0.717) is 22.8 Å². The van der Waals surface area contributed by atoms with Gasteiger partial charge in [0.1, 0.15) is 0 Å². The highest BCUT2D eigenvalue weighted by Gasteiger charge is 2.39. The fourth-order valence-electron chi connectivity index (χ4n) is 3.80. The molecule has 1 aliphatic heterocycles. The van der Waals surface area contributed by atoms with Crippen LogP contribution in [0.25, 0.3) is 0 Å². The number of para-hydroxylation sites is 1. The van der Waals surface area contributed by atoms with E-state index in [0.717, 1.165) is 12.1 Å². The summed E-state index contributed by atoms with van der Waals surface area (Å²) in [6.07, 6.45) is -4.49. The number of anilines is 2. The summed E-state index contributed by atoms with van der Waals surface area (Å²) in [4.78, 5) is 29.3. The Morgan fingerprint density at radius 1 is 0.735 bits per heavy atom. The van der Waals surface area contributed by atoms with E-state index in [4.69, 9.17) is 9.47 Å². The second-order valence-corrected chi connectivity index (χ2v) is 7.36. The van der Waals surface area contributed by atoms with E-state index in [1.54, 1.807) is 62.9 Å². The second kappa shape index (κ2) is 10.0. The summed E-state index contributed by atoms with van der Waals surface area (Å²) in [5.74, 6) is -1.37. The van der Waals surface area contributed by atoms with Gasteiger partial charge in [-0.3, -0.25) is 4.90 Å². The normalized spacial score (nSPS) is 14.4. The van der Waals surface area contributed by atoms with Crippen molar-refractivity contribution < 1.29 is 32.2 Å². The van der Waals surface area contributed by atoms with Crippen molar-refractivity contribution in [1.29, 1.82) is 0 Å². The highest BCUT2D eigenvalue weighted by atomic mass is 19.4. The molecular weight excluding hydrogens is 449 g/mol. The maximum Gasteiger partial charge on any atom is 0.416 e. The molecule has 2 aromatic carbocycles. The van der Waals surface area contributed by atoms with E-state index in [1.807, 2.05) is 0 Å². The first kappa shape index (κ1) is 24.9. The lowest BCUT2D eigenvalue weighted by Gasteiger charge is -2.40. The average molecular weight is 474 g/mol. The number of benzene rings is 2. The van der Waals surface area contributed by atoms with Crippen LogP contribution in [0, 0.1) is 0 Å². The number of carbonyl (C=O) groups is 2. The summed E-state index contributed by atoms with van der Waals surface area (Å²) in [6, 6.07) is 13.3. The first-order valence-corrected chi connectivity index (χ1v) is 10.7. The first-order chi connectivity index (χ1) is 16.1. The maximum absolute atomic E-state index is 13.1. The Kier molecular flexibility index (Phi) is 7.34. The van der Waals surface area contributed by atoms with Crippen LogP contribution in [-0.4, -0.2) is 25.2 Å². The third-order valence-corrected chi connectivity index (χ3v) is 5.21. The molecule has 0 spiro atoms. The second-order valence-electron chi connectivity index (χ2n) is 7.36. The Balaban J connectivity index is 2.27. The predicted molar refractivity (Wildman–Crippen MR) is 122 cm³/mol. The van der Waals surface area contributed by atoms with Crippen molar-refractivity contribution in [3.05, 3.63) is 82.9 Å². The molecule has 0 bridgehead atoms. The third-order valence-electron chi connectivity index (χ3n) is 5.21. The van der Waals surface area contributed by atoms with E-state index >= 15 is 0 Å². The molecule has 9 heteroatoms. The molecule has 0 unspecified atom stereocenters. The molecule has 6 nitrogen and oxygen atoms in total. The Labute approximate surface area is 195 Å². The number of carbonyl (C=O) groups excluding carboxylic acids is 2. The van der Waals surface area contributed by atoms with Gasteiger partial charge < -0.3 is 14.4 Å². The fourth-order valence-corrected chi connectivity index (χ4v) is 3.80. The predicted octanol–water partition coefficient (Wildman–Crippen LogP) is 5.62. The smallest absolute Gasteiger partial charge is 0.416 e. The number of halogens is 3. The number of hydrogen-bond donors (Lipinski definition) is 0. The molecule has 0 saturated heterocycles. The van der Waals surface area contributed by atoms with Crippen LogP contribution in [-0.2, 0) is 25.2 Å². The van der Waals surface area contributed by atoms with Crippen molar-refractivity contribution in [2.24, 2.45) is 0 Å². The van der Waals surface area contributed by atoms with Gasteiger partial charge >= 0.3 is 18.1 Å². The van der Waals surface area contributed by atoms with E-state index in [1.165, 1.54) is 17.0 Å². The summed E-state index contributed by atoms with van der Waals surface area (Å²) >= 11 is 0. The molecule has 0 atom stereocenters. The minimum atomic E-state index is -4.49. The molecule has 3 rings (SSSR count). The number of nitrogens with zero attached hydrogens (tertiary/aromatic N) is 2. The van der Waals surface area contributed by atoms with Crippen LogP contribution in [0.15, 0.2) is 77.4 Å². The van der Waals surface area contributed by atoms with Gasteiger partial charge in [-0.05, 0) is 64.1 Å². The molecule has 0 fully saturated rings. The zero-order chi connectivity index (χ0) is 25.0. The van der Waals surface area contributed by atoms with Gasteiger partial charge in [-0.1, -0.05) is 18.2 Å². The third kappa shape index (κ3) is 4.78. The van der Waals surface area contributed by atoms with Gasteiger partial charge in [0.15, 0.2) is 11.4 Å². The van der Waals surface area contributed by atoms with Gasteiger partial charge in [-0.15, -0.1) is 0 Å². The fraction of sp³-hybridized carbons (Fsp3) is 0.280. The average Bonchev–Trinajstić information content (AvgIpc) is 2.79. The highest BCUT2D eigenvalue weighted by Crippen LogP contribution is 2.40. The largest absolute Gasteiger partial charge is 0.461 e. The molecule has 0 saturated carbocycles. The van der Waals surface area contributed by atoms with Gasteiger partial charge in [-0.2, -0.15) is 13.2 Å². The highest BCUT2D eigenvalue weighted by molar-refractivity contribution is 6.04. The van der Waals surface area contributed by atoms with Crippen molar-refractivity contribution in [2.75, 3.05) is 23.0 Å². The Bertz CT molecular complexity index is 1080. The number of esters is 2. The molecule has 1 aliphatic rings. The van der Waals surface area contributed by atoms with E-state index < -0.39 is 23.7 Å². The minimum Gasteiger partial charge on any atom is -0.461 e. The SMILES string of the molecule is CCOC(=O)C1=C(C)N(c2ccc(C(F)(F)F)cc2)C(C)=C(C(=O)OCC)N1c1ccccc1. The Hall–Kier alpha value is -3.75. The van der Waals surface area contributed by atoms with Crippen molar-refractivity contribution in [3.63, 3.8) is 0 Å². The first-order valence-electron chi connectivity index (χ1n) is 10.7. The molecular formula is C25H25F3N2O4. The van der Waals surface area contributed by atoms with Gasteiger partial charge in [0.05, 0.1) is 30.2 Å². The molecule has 0 N–H and O–H groups in total. The van der Waals surface area contributed by atoms with Crippen molar-refractivity contribution in [3.8, 4) is 0 Å². The number of hydrogen-bond acceptors (Lipinski definition) is 6. The van der Waals surface area contributed by atoms with Crippen LogP contribution in [0.2, 0.25) is 0 Å². The summed E-state index contributed by atoms with van der Waals surface area (Å²) in [6.45, 7) is 6.79. The van der Waals surface area contributed by atoms with Crippen LogP contribution < -0.4 is 9.80 Å². The molecule has 34 heavy (non-hydrogen) atoms. The van der Waals surface area contributed by atoms with Crippen molar-refractivity contribution in [2.45, 2.75) is 33.9 Å². The topological polar surface area (TPSA) is 59.1 Å². The molecule has 1 heterocycles. The van der Waals surface area contributed by atoms with Crippen LogP contribution >= 0.6 is 0 Å². The van der Waals surface area contributed by atoms with Gasteiger partial charge in [-0.25, -0.2) is 9.59 Å². The van der Waals surface area contributed by atoms with Gasteiger partial charge in [0, 0.05) is 11.4 Å². The molecule has 180 valence electrons. The number of allylic oxidation sites excluding steroid dienone is 2. The van der Waals surface area contributed by atoms with Crippen LogP contribution in [0.4, 0.5) is 24.5 Å². The van der Waals surface area contributed by atoms with Crippen LogP contribution in [0.1, 0.15) is 33.3 Å². The summed E-state index contributed by atoms with van der Waals surface area (Å²) in [5.41, 5.74) is 0.945. The summed E-state index contributed by atoms with van der Waals surface area (Å²) in [7, 11) is 0. The van der Waals surface area contributed by atoms with Gasteiger partial charge in [0.2, 0.25) is 0 Å².